The van der Waals surface area contributed by atoms with E-state index in [1.807, 2.05) is 6.08 Å². The molecule has 3 heterocycles. The van der Waals surface area contributed by atoms with Crippen molar-refractivity contribution < 1.29 is 0 Å². The smallest absolute Gasteiger partial charge is 0.142 e. The fourth-order valence-corrected chi connectivity index (χ4v) is 8.21. The van der Waals surface area contributed by atoms with Crippen LogP contribution in [0.2, 0.25) is 0 Å². The molecule has 0 saturated carbocycles. The highest BCUT2D eigenvalue weighted by atomic mass is 15.1. The molecular weight excluding hydrogens is 560 g/mol. The normalized spacial score (nSPS) is 21.9. The van der Waals surface area contributed by atoms with Crippen LogP contribution in [0.25, 0.3) is 40.1 Å². The number of aromatic nitrogens is 2. The second-order valence-electron chi connectivity index (χ2n) is 13.2. The van der Waals surface area contributed by atoms with Crippen LogP contribution in [-0.4, -0.2) is 15.6 Å². The molecule has 224 valence electrons. The number of nitriles is 1. The molecule has 1 aromatic heterocycles. The molecule has 46 heavy (non-hydrogen) atoms. The van der Waals surface area contributed by atoms with Gasteiger partial charge in [-0.25, -0.2) is 4.98 Å². The number of hydrogen-bond donors (Lipinski definition) is 1. The second-order valence-corrected chi connectivity index (χ2v) is 13.2. The van der Waals surface area contributed by atoms with Gasteiger partial charge in [0.15, 0.2) is 0 Å². The first-order chi connectivity index (χ1) is 22.7. The zero-order valence-corrected chi connectivity index (χ0v) is 26.1. The summed E-state index contributed by atoms with van der Waals surface area (Å²) in [7, 11) is 0. The van der Waals surface area contributed by atoms with Gasteiger partial charge in [-0.05, 0) is 101 Å². The third-order valence-electron chi connectivity index (χ3n) is 10.5. The van der Waals surface area contributed by atoms with E-state index in [-0.39, 0.29) is 18.0 Å². The van der Waals surface area contributed by atoms with Crippen LogP contribution in [0.1, 0.15) is 77.9 Å². The summed E-state index contributed by atoms with van der Waals surface area (Å²) in [5, 5.41) is 13.7. The maximum absolute atomic E-state index is 9.81. The van der Waals surface area contributed by atoms with E-state index in [1.165, 1.54) is 55.8 Å². The molecular formula is C42H36N4. The summed E-state index contributed by atoms with van der Waals surface area (Å²) in [4.78, 5) is 5.17. The van der Waals surface area contributed by atoms with E-state index in [1.54, 1.807) is 0 Å². The molecule has 5 aliphatic rings. The van der Waals surface area contributed by atoms with Crippen LogP contribution >= 0.6 is 0 Å². The van der Waals surface area contributed by atoms with Crippen molar-refractivity contribution in [3.05, 3.63) is 136 Å². The van der Waals surface area contributed by atoms with Crippen molar-refractivity contribution in [2.24, 2.45) is 0 Å². The molecule has 4 heteroatoms. The predicted molar refractivity (Wildman–Crippen MR) is 189 cm³/mol. The Morgan fingerprint density at radius 2 is 1.89 bits per heavy atom. The van der Waals surface area contributed by atoms with E-state index in [2.05, 4.69) is 120 Å². The SMILES string of the molecule is CCCc1ccc2nc3n(c2c1)C1C=C(C#N)C=CC1c1cc(C2=CC=C(C4C=Cc5ccc6c(c5N4)CCC=C6)CC2)ccc1-3. The van der Waals surface area contributed by atoms with Crippen molar-refractivity contribution >= 4 is 34.4 Å². The van der Waals surface area contributed by atoms with Crippen molar-refractivity contribution in [2.45, 2.75) is 63.5 Å². The van der Waals surface area contributed by atoms with Crippen molar-refractivity contribution in [1.82, 2.24) is 9.55 Å². The molecule has 2 aliphatic heterocycles. The zero-order valence-electron chi connectivity index (χ0n) is 26.1. The molecule has 0 fully saturated rings. The number of fused-ring (bicyclic) bond motifs is 11. The molecule has 0 amide bonds. The van der Waals surface area contributed by atoms with E-state index in [9.17, 15) is 5.26 Å². The largest absolute Gasteiger partial charge is 0.374 e. The van der Waals surface area contributed by atoms with Crippen molar-refractivity contribution in [3.8, 4) is 17.5 Å². The second kappa shape index (κ2) is 10.7. The van der Waals surface area contributed by atoms with Crippen LogP contribution in [0.15, 0.2) is 102 Å². The van der Waals surface area contributed by atoms with Gasteiger partial charge in [-0.15, -0.1) is 0 Å². The minimum Gasteiger partial charge on any atom is -0.374 e. The Kier molecular flexibility index (Phi) is 6.35. The number of benzene rings is 3. The van der Waals surface area contributed by atoms with Crippen LogP contribution < -0.4 is 5.32 Å². The molecule has 3 aromatic carbocycles. The molecule has 0 bridgehead atoms. The molecule has 3 atom stereocenters. The van der Waals surface area contributed by atoms with E-state index < -0.39 is 0 Å². The number of aryl methyl sites for hydroxylation is 1. The third-order valence-corrected chi connectivity index (χ3v) is 10.5. The topological polar surface area (TPSA) is 53.6 Å². The Hall–Kier alpha value is -5.14. The van der Waals surface area contributed by atoms with Gasteiger partial charge < -0.3 is 9.88 Å². The Balaban J connectivity index is 1.07. The first-order valence-electron chi connectivity index (χ1n) is 16.8. The quantitative estimate of drug-likeness (QED) is 0.255. The van der Waals surface area contributed by atoms with Gasteiger partial charge >= 0.3 is 0 Å². The number of rotatable bonds is 4. The molecule has 4 aromatic rings. The van der Waals surface area contributed by atoms with Gasteiger partial charge in [0.25, 0.3) is 0 Å². The molecule has 0 spiro atoms. The third kappa shape index (κ3) is 4.30. The van der Waals surface area contributed by atoms with Crippen LogP contribution in [0.5, 0.6) is 0 Å². The summed E-state index contributed by atoms with van der Waals surface area (Å²) in [5.74, 6) is 1.16. The summed E-state index contributed by atoms with van der Waals surface area (Å²) in [6.45, 7) is 2.22. The highest BCUT2D eigenvalue weighted by Crippen LogP contribution is 2.49. The highest BCUT2D eigenvalue weighted by Gasteiger charge is 2.35. The van der Waals surface area contributed by atoms with Gasteiger partial charge in [-0.2, -0.15) is 5.26 Å². The summed E-state index contributed by atoms with van der Waals surface area (Å²) in [6.07, 6.45) is 26.7. The van der Waals surface area contributed by atoms with Gasteiger partial charge in [0.1, 0.15) is 5.82 Å². The minimum absolute atomic E-state index is 0.0272. The van der Waals surface area contributed by atoms with Crippen molar-refractivity contribution in [3.63, 3.8) is 0 Å². The van der Waals surface area contributed by atoms with Crippen LogP contribution in [0, 0.1) is 11.3 Å². The van der Waals surface area contributed by atoms with Crippen LogP contribution in [0.3, 0.4) is 0 Å². The monoisotopic (exact) mass is 596 g/mol. The van der Waals surface area contributed by atoms with Gasteiger partial charge in [-0.3, -0.25) is 0 Å². The van der Waals surface area contributed by atoms with E-state index >= 15 is 0 Å². The summed E-state index contributed by atoms with van der Waals surface area (Å²) in [5.41, 5.74) is 16.2. The van der Waals surface area contributed by atoms with E-state index in [0.29, 0.717) is 0 Å². The Morgan fingerprint density at radius 3 is 2.76 bits per heavy atom. The molecule has 1 N–H and O–H groups in total. The standard InChI is InChI=1S/C42H36N4/c1-2-5-26-9-20-38-40(22-26)46-39-23-27(25-43)8-18-34(39)36-24-32(16-19-35(36)42(46)45-38)28-10-13-30(14-11-28)37-21-17-31-15-12-29-6-3-4-7-33(29)41(31)44-37/h3,6,8-10,12-13,15-24,34,37,39,44H,2,4-5,7,11,14H2,1H3. The molecule has 0 radical (unpaired) electrons. The number of imidazole rings is 1. The summed E-state index contributed by atoms with van der Waals surface area (Å²) >= 11 is 0. The Labute approximate surface area is 270 Å². The van der Waals surface area contributed by atoms with Gasteiger partial charge in [0.2, 0.25) is 0 Å². The molecule has 9 rings (SSSR count). The maximum atomic E-state index is 9.81. The molecule has 4 nitrogen and oxygen atoms in total. The minimum atomic E-state index is 0.0272. The molecule has 3 unspecified atom stereocenters. The predicted octanol–water partition coefficient (Wildman–Crippen LogP) is 9.88. The maximum Gasteiger partial charge on any atom is 0.142 e. The number of nitrogens with zero attached hydrogens (tertiary/aromatic N) is 3. The average molecular weight is 597 g/mol. The molecule has 0 saturated heterocycles. The van der Waals surface area contributed by atoms with Crippen molar-refractivity contribution in [1.29, 1.82) is 5.26 Å². The molecule has 3 aliphatic carbocycles. The fourth-order valence-electron chi connectivity index (χ4n) is 8.21. The highest BCUT2D eigenvalue weighted by molar-refractivity contribution is 5.85. The lowest BCUT2D eigenvalue weighted by Gasteiger charge is -2.35. The first-order valence-corrected chi connectivity index (χ1v) is 16.8. The van der Waals surface area contributed by atoms with Crippen molar-refractivity contribution in [2.75, 3.05) is 5.32 Å². The fraction of sp³-hybridized carbons (Fsp3) is 0.238. The first kappa shape index (κ1) is 27.2. The summed E-state index contributed by atoms with van der Waals surface area (Å²) < 4.78 is 2.38. The lowest BCUT2D eigenvalue weighted by molar-refractivity contribution is 0.546. The number of anilines is 1. The van der Waals surface area contributed by atoms with E-state index in [4.69, 9.17) is 4.98 Å². The number of nitrogens with one attached hydrogen (secondary N) is 1. The van der Waals surface area contributed by atoms with Crippen LogP contribution in [0.4, 0.5) is 5.69 Å². The summed E-state index contributed by atoms with van der Waals surface area (Å²) in [6, 6.07) is 20.8. The zero-order chi connectivity index (χ0) is 30.8. The van der Waals surface area contributed by atoms with Gasteiger partial charge in [0, 0.05) is 22.7 Å². The van der Waals surface area contributed by atoms with E-state index in [0.717, 1.165) is 61.0 Å². The van der Waals surface area contributed by atoms with Gasteiger partial charge in [-0.1, -0.05) is 92.3 Å². The lowest BCUT2D eigenvalue weighted by Crippen LogP contribution is -2.25. The van der Waals surface area contributed by atoms with Crippen LogP contribution in [-0.2, 0) is 12.8 Å². The number of hydrogen-bond acceptors (Lipinski definition) is 3. The Bertz CT molecular complexity index is 2170. The average Bonchev–Trinajstić information content (AvgIpc) is 3.50. The number of allylic oxidation sites excluding steroid dienone is 8. The lowest BCUT2D eigenvalue weighted by atomic mass is 9.79. The van der Waals surface area contributed by atoms with Gasteiger partial charge in [0.05, 0.1) is 29.2 Å². The Morgan fingerprint density at radius 1 is 0.957 bits per heavy atom.